The molecule has 2 amide bonds. The smallest absolute Gasteiger partial charge is 0.337 e. The molecule has 4 rings (SSSR count). The normalized spacial score (nSPS) is 12.1. The van der Waals surface area contributed by atoms with Crippen LogP contribution >= 0.6 is 0 Å². The molecule has 0 saturated carbocycles. The minimum atomic E-state index is -0.536. The Kier molecular flexibility index (Phi) is 6.82. The second kappa shape index (κ2) is 10.1. The van der Waals surface area contributed by atoms with Gasteiger partial charge in [0.2, 0.25) is 6.79 Å². The lowest BCUT2D eigenvalue weighted by Gasteiger charge is -2.12. The maximum atomic E-state index is 13.2. The standard InChI is InChI=1S/C27H24N2O6/c1-16-4-6-20(12-17(16)2)25(30)29-22(13-18-5-11-23-24(14-18)35-15-34-23)26(31)28-21-9-7-19(8-10-21)27(32)33-3/h4-14H,15H2,1-3H3,(H,28,31)(H,29,30)/b22-13-. The van der Waals surface area contributed by atoms with Crippen LogP contribution in [-0.2, 0) is 9.53 Å². The van der Waals surface area contributed by atoms with Gasteiger partial charge in [-0.3, -0.25) is 9.59 Å². The lowest BCUT2D eigenvalue weighted by atomic mass is 10.1. The number of anilines is 1. The number of benzene rings is 3. The van der Waals surface area contributed by atoms with Gasteiger partial charge in [0.1, 0.15) is 5.70 Å². The van der Waals surface area contributed by atoms with Gasteiger partial charge in [0.15, 0.2) is 11.5 Å². The van der Waals surface area contributed by atoms with Crippen LogP contribution in [0.15, 0.2) is 66.4 Å². The van der Waals surface area contributed by atoms with Crippen molar-refractivity contribution >= 4 is 29.5 Å². The average Bonchev–Trinajstić information content (AvgIpc) is 3.33. The molecular formula is C27H24N2O6. The second-order valence-electron chi connectivity index (χ2n) is 7.95. The largest absolute Gasteiger partial charge is 0.465 e. The van der Waals surface area contributed by atoms with Crippen LogP contribution < -0.4 is 20.1 Å². The topological polar surface area (TPSA) is 103 Å². The summed E-state index contributed by atoms with van der Waals surface area (Å²) >= 11 is 0. The van der Waals surface area contributed by atoms with Gasteiger partial charge in [-0.1, -0.05) is 12.1 Å². The minimum absolute atomic E-state index is 0.0316. The third-order valence-electron chi connectivity index (χ3n) is 5.53. The highest BCUT2D eigenvalue weighted by molar-refractivity contribution is 6.10. The number of rotatable bonds is 6. The molecular weight excluding hydrogens is 448 g/mol. The van der Waals surface area contributed by atoms with E-state index in [9.17, 15) is 14.4 Å². The summed E-state index contributed by atoms with van der Waals surface area (Å²) in [6.45, 7) is 4.00. The molecule has 35 heavy (non-hydrogen) atoms. The van der Waals surface area contributed by atoms with Crippen molar-refractivity contribution in [3.05, 3.63) is 94.2 Å². The summed E-state index contributed by atoms with van der Waals surface area (Å²) in [4.78, 5) is 37.8. The monoisotopic (exact) mass is 472 g/mol. The molecule has 0 fully saturated rings. The maximum absolute atomic E-state index is 13.2. The Bertz CT molecular complexity index is 1330. The van der Waals surface area contributed by atoms with E-state index in [4.69, 9.17) is 14.2 Å². The number of esters is 1. The van der Waals surface area contributed by atoms with Crippen LogP contribution in [0.25, 0.3) is 6.08 Å². The highest BCUT2D eigenvalue weighted by atomic mass is 16.7. The molecule has 8 nitrogen and oxygen atoms in total. The lowest BCUT2D eigenvalue weighted by molar-refractivity contribution is -0.113. The van der Waals surface area contributed by atoms with Crippen LogP contribution in [0.2, 0.25) is 0 Å². The molecule has 0 unspecified atom stereocenters. The lowest BCUT2D eigenvalue weighted by Crippen LogP contribution is -2.30. The fraction of sp³-hybridized carbons (Fsp3) is 0.148. The number of carbonyl (C=O) groups is 3. The molecule has 8 heteroatoms. The molecule has 3 aromatic rings. The number of carbonyl (C=O) groups excluding carboxylic acids is 3. The number of amides is 2. The van der Waals surface area contributed by atoms with Crippen molar-refractivity contribution in [2.45, 2.75) is 13.8 Å². The Morgan fingerprint density at radius 3 is 2.29 bits per heavy atom. The molecule has 178 valence electrons. The maximum Gasteiger partial charge on any atom is 0.337 e. The molecule has 0 radical (unpaired) electrons. The van der Waals surface area contributed by atoms with Gasteiger partial charge in [0.05, 0.1) is 12.7 Å². The Hall–Kier alpha value is -4.59. The first-order valence-electron chi connectivity index (χ1n) is 10.8. The summed E-state index contributed by atoms with van der Waals surface area (Å²) < 4.78 is 15.4. The van der Waals surface area contributed by atoms with Crippen molar-refractivity contribution in [3.63, 3.8) is 0 Å². The van der Waals surface area contributed by atoms with Crippen LogP contribution in [0.4, 0.5) is 5.69 Å². The Balaban J connectivity index is 1.61. The van der Waals surface area contributed by atoms with E-state index >= 15 is 0 Å². The molecule has 3 aromatic carbocycles. The highest BCUT2D eigenvalue weighted by Gasteiger charge is 2.18. The summed E-state index contributed by atoms with van der Waals surface area (Å²) in [6, 6.07) is 16.8. The molecule has 0 aromatic heterocycles. The van der Waals surface area contributed by atoms with E-state index in [0.717, 1.165) is 11.1 Å². The van der Waals surface area contributed by atoms with E-state index in [0.29, 0.717) is 33.9 Å². The van der Waals surface area contributed by atoms with Gasteiger partial charge in [-0.25, -0.2) is 4.79 Å². The fourth-order valence-electron chi connectivity index (χ4n) is 3.41. The Morgan fingerprint density at radius 1 is 0.857 bits per heavy atom. The molecule has 0 aliphatic carbocycles. The summed E-state index contributed by atoms with van der Waals surface area (Å²) in [7, 11) is 1.30. The van der Waals surface area contributed by atoms with Crippen LogP contribution in [-0.4, -0.2) is 31.7 Å². The van der Waals surface area contributed by atoms with E-state index in [-0.39, 0.29) is 12.5 Å². The van der Waals surface area contributed by atoms with Gasteiger partial charge in [-0.2, -0.15) is 0 Å². The number of hydrogen-bond donors (Lipinski definition) is 2. The molecule has 0 bridgehead atoms. The van der Waals surface area contributed by atoms with E-state index in [1.807, 2.05) is 19.9 Å². The van der Waals surface area contributed by atoms with Gasteiger partial charge < -0.3 is 24.8 Å². The average molecular weight is 472 g/mol. The summed E-state index contributed by atoms with van der Waals surface area (Å²) in [6.07, 6.45) is 1.55. The van der Waals surface area contributed by atoms with E-state index in [1.54, 1.807) is 48.5 Å². The third-order valence-corrected chi connectivity index (χ3v) is 5.53. The van der Waals surface area contributed by atoms with E-state index < -0.39 is 17.8 Å². The molecule has 1 aliphatic rings. The molecule has 0 spiro atoms. The van der Waals surface area contributed by atoms with Crippen molar-refractivity contribution in [1.29, 1.82) is 0 Å². The number of ether oxygens (including phenoxy) is 3. The zero-order valence-electron chi connectivity index (χ0n) is 19.5. The first-order chi connectivity index (χ1) is 16.8. The predicted molar refractivity (Wildman–Crippen MR) is 130 cm³/mol. The van der Waals surface area contributed by atoms with Gasteiger partial charge in [-0.05, 0) is 85.1 Å². The predicted octanol–water partition coefficient (Wildman–Crippen LogP) is 4.23. The second-order valence-corrected chi connectivity index (χ2v) is 7.95. The molecule has 2 N–H and O–H groups in total. The quantitative estimate of drug-likeness (QED) is 0.411. The molecule has 0 saturated heterocycles. The van der Waals surface area contributed by atoms with E-state index in [1.165, 1.54) is 19.2 Å². The first-order valence-corrected chi connectivity index (χ1v) is 10.8. The summed E-state index contributed by atoms with van der Waals surface area (Å²) in [5.74, 6) is -0.274. The Labute approximate surface area is 202 Å². The number of fused-ring (bicyclic) bond motifs is 1. The fourth-order valence-corrected chi connectivity index (χ4v) is 3.41. The zero-order valence-corrected chi connectivity index (χ0v) is 19.5. The van der Waals surface area contributed by atoms with E-state index in [2.05, 4.69) is 10.6 Å². The molecule has 1 aliphatic heterocycles. The van der Waals surface area contributed by atoms with Gasteiger partial charge in [0, 0.05) is 11.3 Å². The van der Waals surface area contributed by atoms with Crippen molar-refractivity contribution in [2.75, 3.05) is 19.2 Å². The summed E-state index contributed by atoms with van der Waals surface area (Å²) in [5.41, 5.74) is 3.93. The Morgan fingerprint density at radius 2 is 1.57 bits per heavy atom. The van der Waals surface area contributed by atoms with Crippen molar-refractivity contribution in [2.24, 2.45) is 0 Å². The number of hydrogen-bond acceptors (Lipinski definition) is 6. The highest BCUT2D eigenvalue weighted by Crippen LogP contribution is 2.33. The zero-order chi connectivity index (χ0) is 24.9. The van der Waals surface area contributed by atoms with Crippen molar-refractivity contribution < 1.29 is 28.6 Å². The van der Waals surface area contributed by atoms with Gasteiger partial charge in [-0.15, -0.1) is 0 Å². The van der Waals surface area contributed by atoms with Crippen molar-refractivity contribution in [3.8, 4) is 11.5 Å². The number of methoxy groups -OCH3 is 1. The van der Waals surface area contributed by atoms with Crippen LogP contribution in [0.5, 0.6) is 11.5 Å². The minimum Gasteiger partial charge on any atom is -0.465 e. The number of aryl methyl sites for hydroxylation is 2. The summed E-state index contributed by atoms with van der Waals surface area (Å²) in [5, 5.41) is 5.46. The number of nitrogens with one attached hydrogen (secondary N) is 2. The molecule has 1 heterocycles. The van der Waals surface area contributed by atoms with Crippen LogP contribution in [0.1, 0.15) is 37.4 Å². The van der Waals surface area contributed by atoms with Gasteiger partial charge in [0.25, 0.3) is 11.8 Å². The first kappa shape index (κ1) is 23.6. The third kappa shape index (κ3) is 5.50. The van der Waals surface area contributed by atoms with Crippen LogP contribution in [0.3, 0.4) is 0 Å². The SMILES string of the molecule is COC(=O)c1ccc(NC(=O)/C(=C/c2ccc3c(c2)OCO3)NC(=O)c2ccc(C)c(C)c2)cc1. The van der Waals surface area contributed by atoms with Crippen molar-refractivity contribution in [1.82, 2.24) is 5.32 Å². The molecule has 0 atom stereocenters. The van der Waals surface area contributed by atoms with Crippen LogP contribution in [0, 0.1) is 13.8 Å². The van der Waals surface area contributed by atoms with Gasteiger partial charge >= 0.3 is 5.97 Å².